The van der Waals surface area contributed by atoms with E-state index >= 15 is 0 Å². The van der Waals surface area contributed by atoms with Gasteiger partial charge in [0.2, 0.25) is 5.91 Å². The number of piperidine rings is 2. The molecule has 2 aromatic rings. The average molecular weight is 424 g/mol. The molecule has 0 aromatic heterocycles. The molecule has 2 atom stereocenters. The van der Waals surface area contributed by atoms with Crippen LogP contribution >= 0.6 is 11.8 Å². The fraction of sp³-hybridized carbons (Fsp3) is 0.500. The Kier molecular flexibility index (Phi) is 7.51. The fourth-order valence-electron chi connectivity index (χ4n) is 5.12. The fourth-order valence-corrected chi connectivity index (χ4v) is 5.53. The number of carbonyl (C=O) groups is 1. The third-order valence-corrected chi connectivity index (χ3v) is 7.62. The first-order valence-corrected chi connectivity index (χ1v) is 12.7. The van der Waals surface area contributed by atoms with Crippen molar-refractivity contribution in [3.8, 4) is 0 Å². The number of amides is 1. The van der Waals surface area contributed by atoms with Gasteiger partial charge >= 0.3 is 0 Å². The molecule has 30 heavy (non-hydrogen) atoms. The summed E-state index contributed by atoms with van der Waals surface area (Å²) in [5, 5.41) is 0. The number of quaternary nitrogens is 1. The molecule has 2 saturated heterocycles. The van der Waals surface area contributed by atoms with E-state index in [1.54, 1.807) is 16.7 Å². The predicted molar refractivity (Wildman–Crippen MR) is 125 cm³/mol. The molecule has 160 valence electrons. The number of benzene rings is 2. The summed E-state index contributed by atoms with van der Waals surface area (Å²) in [6.45, 7) is 5.11. The molecule has 4 rings (SSSR count). The zero-order valence-electron chi connectivity index (χ0n) is 18.2. The molecule has 1 unspecified atom stereocenters. The zero-order valence-corrected chi connectivity index (χ0v) is 19.0. The Morgan fingerprint density at radius 3 is 2.43 bits per heavy atom. The van der Waals surface area contributed by atoms with Crippen molar-refractivity contribution < 1.29 is 9.69 Å². The van der Waals surface area contributed by atoms with Crippen molar-refractivity contribution in [2.45, 2.75) is 43.5 Å². The smallest absolute Gasteiger partial charge is 0.231 e. The van der Waals surface area contributed by atoms with Crippen LogP contribution in [-0.4, -0.2) is 43.2 Å². The van der Waals surface area contributed by atoms with Crippen LogP contribution in [0.25, 0.3) is 0 Å². The van der Waals surface area contributed by atoms with Gasteiger partial charge < -0.3 is 9.80 Å². The summed E-state index contributed by atoms with van der Waals surface area (Å²) in [7, 11) is 0. The van der Waals surface area contributed by atoms with Crippen LogP contribution < -0.4 is 4.90 Å². The van der Waals surface area contributed by atoms with Crippen LogP contribution in [0.2, 0.25) is 0 Å². The maximum Gasteiger partial charge on any atom is 0.231 e. The van der Waals surface area contributed by atoms with Crippen LogP contribution in [0, 0.1) is 11.8 Å². The molecule has 4 heteroatoms. The quantitative estimate of drug-likeness (QED) is 0.717. The first kappa shape index (κ1) is 21.5. The van der Waals surface area contributed by atoms with Crippen LogP contribution in [0.1, 0.15) is 36.8 Å². The summed E-state index contributed by atoms with van der Waals surface area (Å²) in [5.74, 6) is 1.35. The van der Waals surface area contributed by atoms with Crippen LogP contribution in [0.5, 0.6) is 0 Å². The molecule has 3 nitrogen and oxygen atoms in total. The second kappa shape index (κ2) is 10.5. The third-order valence-electron chi connectivity index (χ3n) is 6.87. The number of hydrogen-bond donors (Lipinski definition) is 1. The van der Waals surface area contributed by atoms with Crippen molar-refractivity contribution in [2.75, 3.05) is 32.4 Å². The number of nitrogens with zero attached hydrogens (tertiary/aromatic N) is 1. The number of likely N-dealkylation sites (tertiary alicyclic amines) is 2. The Morgan fingerprint density at radius 2 is 1.73 bits per heavy atom. The second-order valence-electron chi connectivity index (χ2n) is 9.03. The standard InChI is InChI=1S/C26H34N2OS/c1-30-25-11-9-23(10-12-25)19-27-15-5-8-24(20-27)26(29)28-16-13-22(14-17-28)18-21-6-3-2-4-7-21/h2-4,6-7,9-12,22,24H,5,8,13-20H2,1H3/p+1/t24-/m1/s1. The highest BCUT2D eigenvalue weighted by atomic mass is 32.2. The van der Waals surface area contributed by atoms with Gasteiger partial charge in [0.1, 0.15) is 6.54 Å². The summed E-state index contributed by atoms with van der Waals surface area (Å²) in [6, 6.07) is 19.7. The Morgan fingerprint density at radius 1 is 1.00 bits per heavy atom. The van der Waals surface area contributed by atoms with Crippen molar-refractivity contribution in [1.82, 2.24) is 4.90 Å². The van der Waals surface area contributed by atoms with Crippen LogP contribution in [0.3, 0.4) is 0 Å². The van der Waals surface area contributed by atoms with Crippen molar-refractivity contribution in [1.29, 1.82) is 0 Å². The van der Waals surface area contributed by atoms with Crippen molar-refractivity contribution in [3.05, 3.63) is 65.7 Å². The normalized spacial score (nSPS) is 22.8. The summed E-state index contributed by atoms with van der Waals surface area (Å²) < 4.78 is 0. The van der Waals surface area contributed by atoms with Gasteiger partial charge in [-0.3, -0.25) is 4.79 Å². The van der Waals surface area contributed by atoms with Gasteiger partial charge in [0.15, 0.2) is 0 Å². The van der Waals surface area contributed by atoms with E-state index in [0.717, 1.165) is 51.9 Å². The predicted octanol–water partition coefficient (Wildman–Crippen LogP) is 3.68. The summed E-state index contributed by atoms with van der Waals surface area (Å²) in [4.78, 5) is 18.3. The molecule has 0 bridgehead atoms. The van der Waals surface area contributed by atoms with Gasteiger partial charge in [-0.2, -0.15) is 0 Å². The Hall–Kier alpha value is -1.78. The molecular weight excluding hydrogens is 388 g/mol. The summed E-state index contributed by atoms with van der Waals surface area (Å²) in [5.41, 5.74) is 2.82. The number of rotatable bonds is 6. The largest absolute Gasteiger partial charge is 0.342 e. The number of hydrogen-bond acceptors (Lipinski definition) is 2. The van der Waals surface area contributed by atoms with Crippen LogP contribution in [-0.2, 0) is 17.8 Å². The molecule has 0 saturated carbocycles. The van der Waals surface area contributed by atoms with E-state index in [1.807, 2.05) is 0 Å². The highest BCUT2D eigenvalue weighted by Gasteiger charge is 2.33. The van der Waals surface area contributed by atoms with Gasteiger partial charge in [-0.05, 0) is 62.0 Å². The van der Waals surface area contributed by atoms with Gasteiger partial charge in [0.05, 0.1) is 19.0 Å². The van der Waals surface area contributed by atoms with Gasteiger partial charge in [-0.25, -0.2) is 0 Å². The van der Waals surface area contributed by atoms with E-state index < -0.39 is 0 Å². The Labute approximate surface area is 185 Å². The van der Waals surface area contributed by atoms with E-state index in [-0.39, 0.29) is 5.92 Å². The molecule has 2 heterocycles. The lowest BCUT2D eigenvalue weighted by molar-refractivity contribution is -0.921. The average Bonchev–Trinajstić information content (AvgIpc) is 2.80. The molecular formula is C26H35N2OS+. The van der Waals surface area contributed by atoms with Crippen LogP contribution in [0.15, 0.2) is 59.5 Å². The van der Waals surface area contributed by atoms with Crippen molar-refractivity contribution in [3.63, 3.8) is 0 Å². The van der Waals surface area contributed by atoms with Gasteiger partial charge in [-0.1, -0.05) is 42.5 Å². The van der Waals surface area contributed by atoms with Gasteiger partial charge in [0, 0.05) is 23.5 Å². The summed E-state index contributed by atoms with van der Waals surface area (Å²) in [6.07, 6.45) is 7.79. The number of nitrogens with one attached hydrogen (secondary N) is 1. The maximum atomic E-state index is 13.2. The first-order chi connectivity index (χ1) is 14.7. The Balaban J connectivity index is 1.26. The zero-order chi connectivity index (χ0) is 20.8. The SMILES string of the molecule is CSc1ccc(C[NH+]2CCC[C@@H](C(=O)N3CCC(Cc4ccccc4)CC3)C2)cc1. The highest BCUT2D eigenvalue weighted by molar-refractivity contribution is 7.98. The molecule has 1 N–H and O–H groups in total. The summed E-state index contributed by atoms with van der Waals surface area (Å²) >= 11 is 1.79. The Bertz CT molecular complexity index is 800. The van der Waals surface area contributed by atoms with Crippen molar-refractivity contribution >= 4 is 17.7 Å². The minimum atomic E-state index is 0.213. The minimum absolute atomic E-state index is 0.213. The molecule has 0 radical (unpaired) electrons. The first-order valence-electron chi connectivity index (χ1n) is 11.5. The van der Waals surface area contributed by atoms with E-state index in [9.17, 15) is 4.79 Å². The minimum Gasteiger partial charge on any atom is -0.342 e. The van der Waals surface area contributed by atoms with E-state index in [4.69, 9.17) is 0 Å². The van der Waals surface area contributed by atoms with Gasteiger partial charge in [0.25, 0.3) is 0 Å². The monoisotopic (exact) mass is 423 g/mol. The molecule has 0 aliphatic carbocycles. The number of thioether (sulfide) groups is 1. The molecule has 1 amide bonds. The second-order valence-corrected chi connectivity index (χ2v) is 9.91. The van der Waals surface area contributed by atoms with E-state index in [2.05, 4.69) is 65.8 Å². The molecule has 2 aliphatic heterocycles. The highest BCUT2D eigenvalue weighted by Crippen LogP contribution is 2.24. The lowest BCUT2D eigenvalue weighted by atomic mass is 9.89. The van der Waals surface area contributed by atoms with E-state index in [1.165, 1.54) is 29.0 Å². The van der Waals surface area contributed by atoms with Gasteiger partial charge in [-0.15, -0.1) is 11.8 Å². The lowest BCUT2D eigenvalue weighted by Crippen LogP contribution is -3.12. The van der Waals surface area contributed by atoms with E-state index in [0.29, 0.717) is 11.8 Å². The molecule has 2 fully saturated rings. The van der Waals surface area contributed by atoms with Crippen LogP contribution in [0.4, 0.5) is 0 Å². The maximum absolute atomic E-state index is 13.2. The lowest BCUT2D eigenvalue weighted by Gasteiger charge is -2.36. The topological polar surface area (TPSA) is 24.8 Å². The third kappa shape index (κ3) is 5.67. The molecule has 0 spiro atoms. The number of carbonyl (C=O) groups excluding carboxylic acids is 1. The van der Waals surface area contributed by atoms with Crippen molar-refractivity contribution in [2.24, 2.45) is 11.8 Å². The molecule has 2 aliphatic rings. The molecule has 2 aromatic carbocycles.